The normalized spacial score (nSPS) is 22.3. The second-order valence-corrected chi connectivity index (χ2v) is 13.5. The Morgan fingerprint density at radius 3 is 2.24 bits per heavy atom. The van der Waals surface area contributed by atoms with Gasteiger partial charge in [0, 0.05) is 0 Å². The Labute approximate surface area is 126 Å². The Hall–Kier alpha value is -1.71. The van der Waals surface area contributed by atoms with Crippen molar-refractivity contribution in [3.8, 4) is 11.5 Å². The van der Waals surface area contributed by atoms with Gasteiger partial charge in [-0.1, -0.05) is 24.3 Å². The summed E-state index contributed by atoms with van der Waals surface area (Å²) in [7, 11) is -4.03. The summed E-state index contributed by atoms with van der Waals surface area (Å²) in [5.41, 5.74) is 2.16. The molecule has 0 bridgehead atoms. The highest BCUT2D eigenvalue weighted by Gasteiger charge is 2.67. The number of fused-ring (bicyclic) bond motifs is 2. The van der Waals surface area contributed by atoms with Crippen molar-refractivity contribution >= 4 is 27.6 Å². The maximum absolute atomic E-state index is 6.32. The fourth-order valence-electron chi connectivity index (χ4n) is 2.86. The molecule has 0 amide bonds. The van der Waals surface area contributed by atoms with Gasteiger partial charge in [-0.25, -0.2) is 0 Å². The Morgan fingerprint density at radius 1 is 0.905 bits per heavy atom. The van der Waals surface area contributed by atoms with Gasteiger partial charge in [0.05, 0.1) is 0 Å². The molecule has 0 saturated carbocycles. The van der Waals surface area contributed by atoms with Gasteiger partial charge < -0.3 is 0 Å². The average Bonchev–Trinajstić information content (AvgIpc) is 2.93. The van der Waals surface area contributed by atoms with E-state index in [1.165, 1.54) is 0 Å². The lowest BCUT2D eigenvalue weighted by Crippen LogP contribution is -2.46. The SMILES string of the molecule is C[Si](C)(C)N1c2ccccc2O[P+]12Nc1ccccc1O2. The maximum atomic E-state index is 6.32. The molecule has 1 unspecified atom stereocenters. The summed E-state index contributed by atoms with van der Waals surface area (Å²) in [6.07, 6.45) is 0. The summed E-state index contributed by atoms with van der Waals surface area (Å²) < 4.78 is 15.0. The van der Waals surface area contributed by atoms with Crippen LogP contribution in [0.2, 0.25) is 19.6 Å². The molecule has 1 N–H and O–H groups in total. The number of hydrogen-bond acceptors (Lipinski definition) is 4. The topological polar surface area (TPSA) is 33.7 Å². The third kappa shape index (κ3) is 1.84. The smallest absolute Gasteiger partial charge is 0.263 e. The highest BCUT2D eigenvalue weighted by atomic mass is 31.2. The van der Waals surface area contributed by atoms with E-state index >= 15 is 0 Å². The molecule has 1 spiro atoms. The van der Waals surface area contributed by atoms with Crippen LogP contribution in [0.25, 0.3) is 0 Å². The maximum Gasteiger partial charge on any atom is 0.566 e. The molecule has 2 aromatic carbocycles. The second kappa shape index (κ2) is 4.15. The second-order valence-electron chi connectivity index (χ2n) is 6.26. The van der Waals surface area contributed by atoms with Gasteiger partial charge in [-0.3, -0.25) is 9.05 Å². The number of nitrogens with one attached hydrogen (secondary N) is 1. The molecule has 108 valence electrons. The van der Waals surface area contributed by atoms with Gasteiger partial charge in [-0.05, 0) is 43.9 Å². The number of hydrogen-bond donors (Lipinski definition) is 1. The summed E-state index contributed by atoms with van der Waals surface area (Å²) in [5, 5.41) is 3.54. The third-order valence-corrected chi connectivity index (χ3v) is 9.84. The number of rotatable bonds is 1. The monoisotopic (exact) mass is 317 g/mol. The first kappa shape index (κ1) is 13.0. The van der Waals surface area contributed by atoms with E-state index in [2.05, 4.69) is 41.2 Å². The minimum absolute atomic E-state index is 0.877. The van der Waals surface area contributed by atoms with E-state index in [4.69, 9.17) is 9.05 Å². The minimum Gasteiger partial charge on any atom is -0.263 e. The molecule has 4 rings (SSSR count). The van der Waals surface area contributed by atoms with Crippen molar-refractivity contribution in [3.05, 3.63) is 48.5 Å². The number of para-hydroxylation sites is 4. The van der Waals surface area contributed by atoms with Gasteiger partial charge in [-0.2, -0.15) is 9.42 Å². The zero-order valence-corrected chi connectivity index (χ0v) is 14.2. The van der Waals surface area contributed by atoms with E-state index < -0.39 is 16.3 Å². The molecule has 2 aliphatic rings. The van der Waals surface area contributed by atoms with Crippen molar-refractivity contribution < 1.29 is 9.05 Å². The number of nitrogens with zero attached hydrogens (tertiary/aromatic N) is 1. The zero-order chi connectivity index (χ0) is 14.7. The molecule has 4 nitrogen and oxygen atoms in total. The van der Waals surface area contributed by atoms with Crippen LogP contribution < -0.4 is 18.5 Å². The molecule has 2 aromatic rings. The van der Waals surface area contributed by atoms with Crippen molar-refractivity contribution in [2.24, 2.45) is 0 Å². The van der Waals surface area contributed by atoms with Crippen LogP contribution in [-0.2, 0) is 0 Å². The molecular weight excluding hydrogens is 299 g/mol. The predicted octanol–water partition coefficient (Wildman–Crippen LogP) is 4.90. The van der Waals surface area contributed by atoms with Gasteiger partial charge in [0.1, 0.15) is 11.4 Å². The first-order valence-electron chi connectivity index (χ1n) is 7.05. The largest absolute Gasteiger partial charge is 0.566 e. The summed E-state index contributed by atoms with van der Waals surface area (Å²) in [6, 6.07) is 16.2. The van der Waals surface area contributed by atoms with E-state index in [-0.39, 0.29) is 0 Å². The Kier molecular flexibility index (Phi) is 2.57. The van der Waals surface area contributed by atoms with E-state index in [0.29, 0.717) is 0 Å². The molecule has 2 aliphatic heterocycles. The lowest BCUT2D eigenvalue weighted by Gasteiger charge is -2.31. The molecule has 0 aliphatic carbocycles. The molecule has 6 heteroatoms. The summed E-state index contributed by atoms with van der Waals surface area (Å²) in [6.45, 7) is 6.94. The van der Waals surface area contributed by atoms with Gasteiger partial charge in [0.15, 0.2) is 0 Å². The molecule has 0 radical (unpaired) electrons. The first-order chi connectivity index (χ1) is 10.00. The van der Waals surface area contributed by atoms with Gasteiger partial charge >= 0.3 is 8.02 Å². The Balaban J connectivity index is 1.85. The fraction of sp³-hybridized carbons (Fsp3) is 0.200. The van der Waals surface area contributed by atoms with Crippen LogP contribution >= 0.6 is 8.02 Å². The third-order valence-electron chi connectivity index (χ3n) is 3.59. The molecule has 1 atom stereocenters. The van der Waals surface area contributed by atoms with Crippen LogP contribution in [0, 0.1) is 0 Å². The van der Waals surface area contributed by atoms with Crippen LogP contribution in [0.5, 0.6) is 11.5 Å². The average molecular weight is 317 g/mol. The lowest BCUT2D eigenvalue weighted by molar-refractivity contribution is 0.496. The zero-order valence-electron chi connectivity index (χ0n) is 12.3. The molecule has 2 heterocycles. The van der Waals surface area contributed by atoms with Gasteiger partial charge in [0.2, 0.25) is 19.7 Å². The Morgan fingerprint density at radius 2 is 1.52 bits per heavy atom. The highest BCUT2D eigenvalue weighted by Crippen LogP contribution is 2.74. The lowest BCUT2D eigenvalue weighted by atomic mass is 10.3. The van der Waals surface area contributed by atoms with Crippen LogP contribution in [-0.4, -0.2) is 8.24 Å². The first-order valence-corrected chi connectivity index (χ1v) is 12.1. The van der Waals surface area contributed by atoms with E-state index in [9.17, 15) is 0 Å². The van der Waals surface area contributed by atoms with Crippen molar-refractivity contribution in [1.29, 1.82) is 0 Å². The summed E-state index contributed by atoms with van der Waals surface area (Å²) >= 11 is 0. The van der Waals surface area contributed by atoms with E-state index in [0.717, 1.165) is 22.9 Å². The van der Waals surface area contributed by atoms with Crippen molar-refractivity contribution in [2.45, 2.75) is 19.6 Å². The number of benzene rings is 2. The summed E-state index contributed by atoms with van der Waals surface area (Å²) in [5.74, 6) is 1.79. The van der Waals surface area contributed by atoms with Crippen molar-refractivity contribution in [1.82, 2.24) is 0 Å². The molecule has 0 aromatic heterocycles. The molecule has 0 saturated heterocycles. The van der Waals surface area contributed by atoms with Crippen molar-refractivity contribution in [3.63, 3.8) is 0 Å². The summed E-state index contributed by atoms with van der Waals surface area (Å²) in [4.78, 5) is 0. The van der Waals surface area contributed by atoms with Crippen LogP contribution in [0.15, 0.2) is 48.5 Å². The molecular formula is C15H18N2O2PSi+. The minimum atomic E-state index is -2.35. The van der Waals surface area contributed by atoms with E-state index in [1.807, 2.05) is 36.4 Å². The predicted molar refractivity (Wildman–Crippen MR) is 90.5 cm³/mol. The van der Waals surface area contributed by atoms with Crippen LogP contribution in [0.3, 0.4) is 0 Å². The quantitative estimate of drug-likeness (QED) is 0.599. The van der Waals surface area contributed by atoms with Gasteiger partial charge in [-0.15, -0.1) is 0 Å². The molecule has 21 heavy (non-hydrogen) atoms. The number of anilines is 2. The van der Waals surface area contributed by atoms with Crippen LogP contribution in [0.4, 0.5) is 11.4 Å². The standard InChI is InChI=1S/C15H18N2O2PSi/c1-21(2,3)17-13-9-5-7-11-15(13)19-20(17)16-12-8-4-6-10-14(12)18-20/h4-11,16H,1-3H3/q+1. The Bertz CT molecular complexity index is 686. The van der Waals surface area contributed by atoms with E-state index in [1.54, 1.807) is 0 Å². The molecule has 0 fully saturated rings. The highest BCUT2D eigenvalue weighted by molar-refractivity contribution is 7.73. The van der Waals surface area contributed by atoms with Crippen LogP contribution in [0.1, 0.15) is 0 Å². The van der Waals surface area contributed by atoms with Gasteiger partial charge in [0.25, 0.3) is 0 Å². The van der Waals surface area contributed by atoms with Crippen molar-refractivity contribution in [2.75, 3.05) is 9.42 Å². The fourth-order valence-corrected chi connectivity index (χ4v) is 9.50.